The average molecular weight is 405 g/mol. The maximum atomic E-state index is 13.0. The molecule has 2 aromatic heterocycles. The number of benzene rings is 1. The van der Waals surface area contributed by atoms with Crippen LogP contribution in [0.1, 0.15) is 51.3 Å². The number of hydrogen-bond acceptors (Lipinski definition) is 4. The fourth-order valence-electron chi connectivity index (χ4n) is 5.05. The highest BCUT2D eigenvalue weighted by molar-refractivity contribution is 5.98. The highest BCUT2D eigenvalue weighted by Gasteiger charge is 2.41. The first kappa shape index (κ1) is 19.1. The summed E-state index contributed by atoms with van der Waals surface area (Å²) in [6, 6.07) is 8.68. The summed E-state index contributed by atoms with van der Waals surface area (Å²) in [5, 5.41) is 15.9. The molecule has 1 aliphatic heterocycles. The largest absolute Gasteiger partial charge is 0.396 e. The van der Waals surface area contributed by atoms with Crippen LogP contribution in [0.15, 0.2) is 30.5 Å². The van der Waals surface area contributed by atoms with Crippen molar-refractivity contribution in [2.24, 2.45) is 0 Å². The van der Waals surface area contributed by atoms with E-state index in [4.69, 9.17) is 10.1 Å². The van der Waals surface area contributed by atoms with E-state index in [2.05, 4.69) is 34.9 Å². The van der Waals surface area contributed by atoms with E-state index >= 15 is 0 Å². The maximum absolute atomic E-state index is 13.0. The van der Waals surface area contributed by atoms with Gasteiger partial charge in [0.15, 0.2) is 5.65 Å². The van der Waals surface area contributed by atoms with Crippen LogP contribution in [-0.4, -0.2) is 39.1 Å². The fourth-order valence-corrected chi connectivity index (χ4v) is 5.05. The Labute approximate surface area is 176 Å². The van der Waals surface area contributed by atoms with E-state index in [1.54, 1.807) is 0 Å². The summed E-state index contributed by atoms with van der Waals surface area (Å²) >= 11 is 0. The number of rotatable bonds is 4. The van der Waals surface area contributed by atoms with Crippen LogP contribution in [0.4, 0.5) is 5.69 Å². The van der Waals surface area contributed by atoms with Crippen molar-refractivity contribution >= 4 is 17.2 Å². The first-order valence-corrected chi connectivity index (χ1v) is 10.8. The first-order chi connectivity index (χ1) is 14.5. The van der Waals surface area contributed by atoms with Gasteiger partial charge in [-0.25, -0.2) is 4.98 Å². The van der Waals surface area contributed by atoms with Gasteiger partial charge in [0.25, 0.3) is 5.91 Å². The van der Waals surface area contributed by atoms with Crippen LogP contribution in [0.2, 0.25) is 0 Å². The lowest BCUT2D eigenvalue weighted by atomic mass is 9.82. The highest BCUT2D eigenvalue weighted by Crippen LogP contribution is 2.43. The normalized spacial score (nSPS) is 16.4. The molecule has 2 aliphatic rings. The van der Waals surface area contributed by atoms with Crippen LogP contribution in [-0.2, 0) is 19.3 Å². The van der Waals surface area contributed by atoms with Crippen molar-refractivity contribution in [1.82, 2.24) is 14.7 Å². The molecular formula is C24H28N4O2. The van der Waals surface area contributed by atoms with Crippen molar-refractivity contribution in [3.05, 3.63) is 64.1 Å². The number of aromatic nitrogens is 2. The first-order valence-electron chi connectivity index (χ1n) is 10.8. The predicted molar refractivity (Wildman–Crippen MR) is 117 cm³/mol. The smallest absolute Gasteiger partial charge is 0.253 e. The lowest BCUT2D eigenvalue weighted by Crippen LogP contribution is -2.43. The van der Waals surface area contributed by atoms with Crippen LogP contribution < -0.4 is 10.6 Å². The van der Waals surface area contributed by atoms with E-state index in [-0.39, 0.29) is 18.1 Å². The Morgan fingerprint density at radius 2 is 2.00 bits per heavy atom. The third kappa shape index (κ3) is 2.98. The molecule has 0 atom stereocenters. The number of carbonyl (C=O) groups excluding carboxylic acids is 1. The molecule has 0 radical (unpaired) electrons. The molecule has 1 amide bonds. The van der Waals surface area contributed by atoms with Gasteiger partial charge in [-0.1, -0.05) is 24.3 Å². The average Bonchev–Trinajstić information content (AvgIpc) is 3.24. The number of pyridine rings is 1. The summed E-state index contributed by atoms with van der Waals surface area (Å²) in [4.78, 5) is 17.8. The van der Waals surface area contributed by atoms with Crippen molar-refractivity contribution in [2.45, 2.75) is 51.5 Å². The van der Waals surface area contributed by atoms with E-state index in [0.717, 1.165) is 54.0 Å². The molecule has 1 aromatic carbocycles. The Morgan fingerprint density at radius 1 is 1.27 bits per heavy atom. The number of hydrogen-bond donors (Lipinski definition) is 3. The van der Waals surface area contributed by atoms with Crippen LogP contribution in [0, 0.1) is 13.8 Å². The maximum Gasteiger partial charge on any atom is 0.253 e. The number of nitrogens with one attached hydrogen (secondary N) is 2. The van der Waals surface area contributed by atoms with E-state index in [1.165, 1.54) is 11.1 Å². The number of aliphatic hydroxyl groups is 1. The molecule has 0 saturated heterocycles. The minimum atomic E-state index is -0.0835. The van der Waals surface area contributed by atoms with Crippen LogP contribution in [0.3, 0.4) is 0 Å². The summed E-state index contributed by atoms with van der Waals surface area (Å²) in [6.07, 6.45) is 6.32. The zero-order chi connectivity index (χ0) is 20.9. The van der Waals surface area contributed by atoms with E-state index < -0.39 is 0 Å². The van der Waals surface area contributed by atoms with Crippen molar-refractivity contribution in [3.8, 4) is 0 Å². The molecule has 5 rings (SSSR count). The van der Waals surface area contributed by atoms with Gasteiger partial charge in [0.2, 0.25) is 0 Å². The number of imidazole rings is 1. The van der Waals surface area contributed by atoms with Gasteiger partial charge in [0.05, 0.1) is 16.9 Å². The van der Waals surface area contributed by atoms with E-state index in [0.29, 0.717) is 18.5 Å². The molecule has 156 valence electrons. The summed E-state index contributed by atoms with van der Waals surface area (Å²) in [6.45, 7) is 4.59. The number of fused-ring (bicyclic) bond motifs is 4. The second-order valence-corrected chi connectivity index (χ2v) is 8.73. The lowest BCUT2D eigenvalue weighted by Gasteiger charge is -2.37. The Balaban J connectivity index is 1.58. The van der Waals surface area contributed by atoms with E-state index in [9.17, 15) is 4.79 Å². The Kier molecular flexibility index (Phi) is 4.54. The minimum absolute atomic E-state index is 0.0169. The second-order valence-electron chi connectivity index (χ2n) is 8.73. The fraction of sp³-hybridized carbons (Fsp3) is 0.417. The van der Waals surface area contributed by atoms with Crippen molar-refractivity contribution in [3.63, 3.8) is 0 Å². The molecule has 6 nitrogen and oxygen atoms in total. The number of carbonyl (C=O) groups is 1. The molecule has 1 spiro atoms. The molecule has 0 bridgehead atoms. The minimum Gasteiger partial charge on any atom is -0.396 e. The Bertz CT molecular complexity index is 1120. The summed E-state index contributed by atoms with van der Waals surface area (Å²) in [5.41, 5.74) is 8.50. The number of aryl methyl sites for hydroxylation is 2. The van der Waals surface area contributed by atoms with Gasteiger partial charge in [-0.15, -0.1) is 0 Å². The number of anilines is 1. The van der Waals surface area contributed by atoms with Crippen molar-refractivity contribution in [2.75, 3.05) is 18.5 Å². The molecule has 0 fully saturated rings. The standard InChI is InChI=1S/C24H28N4O2/c1-15-16(2)28-14-20(23(30)25-10-5-11-29)19-8-9-24(27-21(19)22(28)26-15)12-17-6-3-4-7-18(17)13-24/h3-4,6-7,14,27,29H,5,8-13H2,1-2H3,(H,25,30). The molecule has 6 heteroatoms. The summed E-state index contributed by atoms with van der Waals surface area (Å²) < 4.78 is 2.04. The van der Waals surface area contributed by atoms with E-state index in [1.807, 2.05) is 24.4 Å². The third-order valence-corrected chi connectivity index (χ3v) is 6.78. The monoisotopic (exact) mass is 404 g/mol. The molecule has 0 saturated carbocycles. The quantitative estimate of drug-likeness (QED) is 0.584. The molecule has 1 aliphatic carbocycles. The zero-order valence-corrected chi connectivity index (χ0v) is 17.6. The molecule has 3 N–H and O–H groups in total. The highest BCUT2D eigenvalue weighted by atomic mass is 16.3. The molecule has 30 heavy (non-hydrogen) atoms. The second kappa shape index (κ2) is 7.13. The lowest BCUT2D eigenvalue weighted by molar-refractivity contribution is 0.0949. The van der Waals surface area contributed by atoms with Gasteiger partial charge in [-0.2, -0.15) is 0 Å². The topological polar surface area (TPSA) is 78.7 Å². The van der Waals surface area contributed by atoms with Crippen LogP contribution in [0.5, 0.6) is 0 Å². The number of amides is 1. The third-order valence-electron chi connectivity index (χ3n) is 6.78. The molecule has 3 heterocycles. The molecular weight excluding hydrogens is 376 g/mol. The molecule has 0 unspecified atom stereocenters. The summed E-state index contributed by atoms with van der Waals surface area (Å²) in [7, 11) is 0. The van der Waals surface area contributed by atoms with Gasteiger partial charge in [0.1, 0.15) is 0 Å². The van der Waals surface area contributed by atoms with Gasteiger partial charge >= 0.3 is 0 Å². The van der Waals surface area contributed by atoms with Gasteiger partial charge in [0, 0.05) is 30.6 Å². The molecule has 3 aromatic rings. The summed E-state index contributed by atoms with van der Waals surface area (Å²) in [5.74, 6) is -0.0835. The van der Waals surface area contributed by atoms with Crippen LogP contribution >= 0.6 is 0 Å². The Hall–Kier alpha value is -2.86. The zero-order valence-electron chi connectivity index (χ0n) is 17.6. The SMILES string of the molecule is Cc1nc2c3c(c(C(=O)NCCCO)cn2c1C)CCC1(Cc2ccccc2C1)N3. The Morgan fingerprint density at radius 3 is 2.70 bits per heavy atom. The van der Waals surface area contributed by atoms with Crippen molar-refractivity contribution < 1.29 is 9.90 Å². The number of aliphatic hydroxyl groups excluding tert-OH is 1. The van der Waals surface area contributed by atoms with Crippen LogP contribution in [0.25, 0.3) is 5.65 Å². The van der Waals surface area contributed by atoms with Gasteiger partial charge in [-0.3, -0.25) is 4.79 Å². The van der Waals surface area contributed by atoms with Gasteiger partial charge in [-0.05, 0) is 62.6 Å². The van der Waals surface area contributed by atoms with Crippen molar-refractivity contribution in [1.29, 1.82) is 0 Å². The number of nitrogens with zero attached hydrogens (tertiary/aromatic N) is 2. The predicted octanol–water partition coefficient (Wildman–Crippen LogP) is 2.96. The van der Waals surface area contributed by atoms with Gasteiger partial charge < -0.3 is 20.1 Å².